The first-order valence-corrected chi connectivity index (χ1v) is 6.90. The van der Waals surface area contributed by atoms with Crippen molar-refractivity contribution in [2.45, 2.75) is 12.8 Å². The Bertz CT molecular complexity index is 548. The summed E-state index contributed by atoms with van der Waals surface area (Å²) in [6, 6.07) is 6.92. The summed E-state index contributed by atoms with van der Waals surface area (Å²) in [6.07, 6.45) is 3.31. The lowest BCUT2D eigenvalue weighted by Crippen LogP contribution is -2.27. The average molecular weight is 289 g/mol. The van der Waals surface area contributed by atoms with Crippen LogP contribution in [0.15, 0.2) is 29.8 Å². The van der Waals surface area contributed by atoms with Gasteiger partial charge >= 0.3 is 5.97 Å². The van der Waals surface area contributed by atoms with Gasteiger partial charge in [0.2, 0.25) is 5.91 Å². The SMILES string of the molecule is COC(=O)c1ccc(/C=C(\CO)CN2CCCC2=O)cc1. The molecule has 1 aromatic carbocycles. The molecule has 0 spiro atoms. The van der Waals surface area contributed by atoms with Gasteiger partial charge in [0.05, 0.1) is 19.3 Å². The molecule has 1 aliphatic rings. The topological polar surface area (TPSA) is 66.8 Å². The van der Waals surface area contributed by atoms with E-state index in [1.807, 2.05) is 6.08 Å². The zero-order chi connectivity index (χ0) is 15.2. The molecule has 5 nitrogen and oxygen atoms in total. The molecule has 0 aromatic heterocycles. The summed E-state index contributed by atoms with van der Waals surface area (Å²) < 4.78 is 4.64. The van der Waals surface area contributed by atoms with Gasteiger partial charge in [-0.15, -0.1) is 0 Å². The number of carbonyl (C=O) groups is 2. The smallest absolute Gasteiger partial charge is 0.337 e. The molecule has 1 aromatic rings. The molecule has 1 N–H and O–H groups in total. The second kappa shape index (κ2) is 7.04. The van der Waals surface area contributed by atoms with E-state index in [0.29, 0.717) is 18.5 Å². The maximum atomic E-state index is 11.6. The van der Waals surface area contributed by atoms with Crippen molar-refractivity contribution in [3.63, 3.8) is 0 Å². The van der Waals surface area contributed by atoms with Gasteiger partial charge < -0.3 is 14.7 Å². The fraction of sp³-hybridized carbons (Fsp3) is 0.375. The van der Waals surface area contributed by atoms with Crippen molar-refractivity contribution in [2.75, 3.05) is 26.8 Å². The fourth-order valence-electron chi connectivity index (χ4n) is 2.33. The van der Waals surface area contributed by atoms with Gasteiger partial charge in [-0.3, -0.25) is 4.79 Å². The first kappa shape index (κ1) is 15.3. The minimum absolute atomic E-state index is 0.0947. The Morgan fingerprint density at radius 2 is 2.10 bits per heavy atom. The zero-order valence-electron chi connectivity index (χ0n) is 12.0. The molecule has 0 radical (unpaired) electrons. The molecule has 1 amide bonds. The number of nitrogens with zero attached hydrogens (tertiary/aromatic N) is 1. The van der Waals surface area contributed by atoms with Crippen LogP contribution in [0.5, 0.6) is 0 Å². The molecule has 0 bridgehead atoms. The molecule has 1 fully saturated rings. The van der Waals surface area contributed by atoms with Crippen molar-refractivity contribution in [1.29, 1.82) is 0 Å². The van der Waals surface area contributed by atoms with Crippen LogP contribution in [0.4, 0.5) is 0 Å². The predicted molar refractivity (Wildman–Crippen MR) is 78.7 cm³/mol. The highest BCUT2D eigenvalue weighted by molar-refractivity contribution is 5.89. The maximum Gasteiger partial charge on any atom is 0.337 e. The number of hydrogen-bond acceptors (Lipinski definition) is 4. The van der Waals surface area contributed by atoms with Gasteiger partial charge in [-0.2, -0.15) is 0 Å². The fourth-order valence-corrected chi connectivity index (χ4v) is 2.33. The van der Waals surface area contributed by atoms with Crippen molar-refractivity contribution in [2.24, 2.45) is 0 Å². The van der Waals surface area contributed by atoms with Crippen LogP contribution >= 0.6 is 0 Å². The molecule has 1 heterocycles. The number of ether oxygens (including phenoxy) is 1. The van der Waals surface area contributed by atoms with E-state index >= 15 is 0 Å². The van der Waals surface area contributed by atoms with Crippen LogP contribution in [0, 0.1) is 0 Å². The van der Waals surface area contributed by atoms with E-state index < -0.39 is 0 Å². The monoisotopic (exact) mass is 289 g/mol. The van der Waals surface area contributed by atoms with Crippen LogP contribution in [0.2, 0.25) is 0 Å². The first-order valence-electron chi connectivity index (χ1n) is 6.90. The third-order valence-electron chi connectivity index (χ3n) is 3.47. The van der Waals surface area contributed by atoms with Crippen LogP contribution in [-0.4, -0.2) is 48.7 Å². The Labute approximate surface area is 123 Å². The molecule has 0 saturated carbocycles. The van der Waals surface area contributed by atoms with Crippen molar-refractivity contribution in [3.8, 4) is 0 Å². The molecule has 1 saturated heterocycles. The van der Waals surface area contributed by atoms with E-state index in [0.717, 1.165) is 24.1 Å². The summed E-state index contributed by atoms with van der Waals surface area (Å²) in [4.78, 5) is 24.7. The highest BCUT2D eigenvalue weighted by Gasteiger charge is 2.20. The molecule has 21 heavy (non-hydrogen) atoms. The summed E-state index contributed by atoms with van der Waals surface area (Å²) in [5.74, 6) is -0.244. The van der Waals surface area contributed by atoms with Crippen LogP contribution in [0.3, 0.4) is 0 Å². The van der Waals surface area contributed by atoms with Gasteiger partial charge in [0.1, 0.15) is 0 Å². The Balaban J connectivity index is 2.08. The van der Waals surface area contributed by atoms with Crippen molar-refractivity contribution in [3.05, 3.63) is 41.0 Å². The van der Waals surface area contributed by atoms with Gasteiger partial charge in [0.15, 0.2) is 0 Å². The van der Waals surface area contributed by atoms with E-state index in [-0.39, 0.29) is 18.5 Å². The second-order valence-electron chi connectivity index (χ2n) is 4.99. The lowest BCUT2D eigenvalue weighted by molar-refractivity contribution is -0.127. The molecule has 112 valence electrons. The third kappa shape index (κ3) is 3.92. The van der Waals surface area contributed by atoms with Gasteiger partial charge in [-0.25, -0.2) is 4.79 Å². The van der Waals surface area contributed by atoms with Crippen LogP contribution < -0.4 is 0 Å². The number of methoxy groups -OCH3 is 1. The minimum Gasteiger partial charge on any atom is -0.465 e. The molecular formula is C16H19NO4. The number of aliphatic hydroxyl groups is 1. The van der Waals surface area contributed by atoms with Gasteiger partial charge in [-0.05, 0) is 29.7 Å². The number of amides is 1. The normalized spacial score (nSPS) is 15.4. The van der Waals surface area contributed by atoms with E-state index in [1.165, 1.54) is 7.11 Å². The van der Waals surface area contributed by atoms with Crippen molar-refractivity contribution >= 4 is 18.0 Å². The highest BCUT2D eigenvalue weighted by atomic mass is 16.5. The van der Waals surface area contributed by atoms with E-state index in [9.17, 15) is 14.7 Å². The number of esters is 1. The largest absolute Gasteiger partial charge is 0.465 e. The second-order valence-corrected chi connectivity index (χ2v) is 4.99. The summed E-state index contributed by atoms with van der Waals surface area (Å²) in [7, 11) is 1.34. The maximum absolute atomic E-state index is 11.6. The Kier molecular flexibility index (Phi) is 5.11. The van der Waals surface area contributed by atoms with Crippen molar-refractivity contribution < 1.29 is 19.4 Å². The summed E-state index contributed by atoms with van der Waals surface area (Å²) in [5, 5.41) is 9.43. The Hall–Kier alpha value is -2.14. The molecule has 5 heteroatoms. The first-order chi connectivity index (χ1) is 10.1. The standard InChI is InChI=1S/C16H19NO4/c1-21-16(20)14-6-4-12(5-7-14)9-13(11-18)10-17-8-2-3-15(17)19/h4-7,9,18H,2-3,8,10-11H2,1H3/b13-9-. The van der Waals surface area contributed by atoms with Gasteiger partial charge in [0, 0.05) is 19.5 Å². The minimum atomic E-state index is -0.379. The number of aliphatic hydroxyl groups excluding tert-OH is 1. The Morgan fingerprint density at radius 3 is 2.62 bits per heavy atom. The van der Waals surface area contributed by atoms with Crippen LogP contribution in [0.1, 0.15) is 28.8 Å². The molecule has 0 atom stereocenters. The van der Waals surface area contributed by atoms with E-state index in [4.69, 9.17) is 0 Å². The summed E-state index contributed by atoms with van der Waals surface area (Å²) in [6.45, 7) is 1.11. The van der Waals surface area contributed by atoms with Gasteiger partial charge in [-0.1, -0.05) is 18.2 Å². The molecular weight excluding hydrogens is 270 g/mol. The molecule has 2 rings (SSSR count). The number of rotatable bonds is 5. The average Bonchev–Trinajstić information content (AvgIpc) is 2.91. The number of likely N-dealkylation sites (tertiary alicyclic amines) is 1. The van der Waals surface area contributed by atoms with Gasteiger partial charge in [0.25, 0.3) is 0 Å². The predicted octanol–water partition coefficient (Wildman–Crippen LogP) is 1.47. The van der Waals surface area contributed by atoms with E-state index in [1.54, 1.807) is 29.2 Å². The summed E-state index contributed by atoms with van der Waals surface area (Å²) in [5.41, 5.74) is 2.13. The van der Waals surface area contributed by atoms with Crippen LogP contribution in [-0.2, 0) is 9.53 Å². The Morgan fingerprint density at radius 1 is 1.38 bits per heavy atom. The molecule has 0 aliphatic carbocycles. The number of benzene rings is 1. The molecule has 1 aliphatic heterocycles. The van der Waals surface area contributed by atoms with Crippen molar-refractivity contribution in [1.82, 2.24) is 4.90 Å². The van der Waals surface area contributed by atoms with Crippen LogP contribution in [0.25, 0.3) is 6.08 Å². The zero-order valence-corrected chi connectivity index (χ0v) is 12.0. The number of carbonyl (C=O) groups excluding carboxylic acids is 2. The lowest BCUT2D eigenvalue weighted by atomic mass is 10.1. The quantitative estimate of drug-likeness (QED) is 0.834. The highest BCUT2D eigenvalue weighted by Crippen LogP contribution is 2.15. The summed E-state index contributed by atoms with van der Waals surface area (Å²) >= 11 is 0. The molecule has 0 unspecified atom stereocenters. The van der Waals surface area contributed by atoms with E-state index in [2.05, 4.69) is 4.74 Å². The lowest BCUT2D eigenvalue weighted by Gasteiger charge is -2.16. The number of hydrogen-bond donors (Lipinski definition) is 1. The third-order valence-corrected chi connectivity index (χ3v) is 3.47.